The third-order valence-corrected chi connectivity index (χ3v) is 4.93. The van der Waals surface area contributed by atoms with Crippen LogP contribution < -0.4 is 16.0 Å². The van der Waals surface area contributed by atoms with Crippen LogP contribution in [0.5, 0.6) is 0 Å². The van der Waals surface area contributed by atoms with Crippen molar-refractivity contribution in [3.63, 3.8) is 0 Å². The van der Waals surface area contributed by atoms with E-state index < -0.39 is 23.8 Å². The van der Waals surface area contributed by atoms with Gasteiger partial charge in [0.15, 0.2) is 6.23 Å². The molecule has 2 aliphatic rings. The number of ether oxygens (including phenoxy) is 2. The lowest BCUT2D eigenvalue weighted by molar-refractivity contribution is -0.148. The number of nitrogens with one attached hydrogen (secondary N) is 3. The lowest BCUT2D eigenvalue weighted by Gasteiger charge is -2.27. The van der Waals surface area contributed by atoms with E-state index in [1.54, 1.807) is 4.90 Å². The van der Waals surface area contributed by atoms with Gasteiger partial charge in [0.25, 0.3) is 11.7 Å². The van der Waals surface area contributed by atoms with Gasteiger partial charge in [-0.1, -0.05) is 26.2 Å². The predicted molar refractivity (Wildman–Crippen MR) is 104 cm³/mol. The molecule has 1 saturated carbocycles. The number of nitrogens with zero attached hydrogens (tertiary/aromatic N) is 1. The number of morpholine rings is 1. The van der Waals surface area contributed by atoms with Crippen LogP contribution in [0, 0.1) is 0 Å². The number of hydrogen-bond acceptors (Lipinski definition) is 6. The molecular formula is C19H32N4O6. The normalized spacial score (nSPS) is 18.2. The van der Waals surface area contributed by atoms with Crippen molar-refractivity contribution in [3.05, 3.63) is 0 Å². The Morgan fingerprint density at radius 1 is 1.14 bits per heavy atom. The van der Waals surface area contributed by atoms with Gasteiger partial charge in [-0.3, -0.25) is 14.4 Å². The second kappa shape index (κ2) is 12.4. The van der Waals surface area contributed by atoms with E-state index in [0.29, 0.717) is 32.7 Å². The summed E-state index contributed by atoms with van der Waals surface area (Å²) in [5.41, 5.74) is 0. The molecule has 0 radical (unpaired) electrons. The fourth-order valence-electron chi connectivity index (χ4n) is 3.21. The van der Waals surface area contributed by atoms with Crippen LogP contribution in [0.3, 0.4) is 0 Å². The van der Waals surface area contributed by atoms with Gasteiger partial charge >= 0.3 is 6.03 Å². The Bertz CT molecular complexity index is 573. The van der Waals surface area contributed by atoms with Crippen LogP contribution in [0.25, 0.3) is 0 Å². The number of urea groups is 1. The molecule has 0 bridgehead atoms. The van der Waals surface area contributed by atoms with E-state index in [1.165, 1.54) is 0 Å². The number of Topliss-reactive ketones (excluding diaryl/α,β-unsaturated/α-hetero) is 1. The number of ketones is 1. The highest BCUT2D eigenvalue weighted by molar-refractivity contribution is 6.38. The van der Waals surface area contributed by atoms with Gasteiger partial charge in [0.2, 0.25) is 5.91 Å². The molecule has 10 heteroatoms. The standard InChI is InChI=1S/C19H32N4O6/c1-2-3-10-29-18(16(25)17(26)21-14-6-4-5-7-14)22-15(24)13-20-19(27)23-8-11-28-12-9-23/h14,18H,2-13H2,1H3,(H,20,27)(H,21,26)(H,22,24). The van der Waals surface area contributed by atoms with Crippen LogP contribution in [0.15, 0.2) is 0 Å². The molecule has 2 fully saturated rings. The van der Waals surface area contributed by atoms with Crippen LogP contribution in [-0.4, -0.2) is 80.3 Å². The van der Waals surface area contributed by atoms with Gasteiger partial charge in [0, 0.05) is 25.7 Å². The minimum absolute atomic E-state index is 0.00810. The topological polar surface area (TPSA) is 126 Å². The molecule has 0 aromatic heterocycles. The minimum atomic E-state index is -1.37. The molecule has 164 valence electrons. The molecular weight excluding hydrogens is 380 g/mol. The summed E-state index contributed by atoms with van der Waals surface area (Å²) in [5.74, 6) is -2.19. The zero-order valence-electron chi connectivity index (χ0n) is 17.0. The Kier molecular flexibility index (Phi) is 9.85. The molecule has 2 rings (SSSR count). The quantitative estimate of drug-likeness (QED) is 0.262. The number of rotatable bonds is 10. The fraction of sp³-hybridized carbons (Fsp3) is 0.789. The second-order valence-electron chi connectivity index (χ2n) is 7.25. The van der Waals surface area contributed by atoms with Gasteiger partial charge in [-0.15, -0.1) is 0 Å². The third kappa shape index (κ3) is 7.98. The van der Waals surface area contributed by atoms with E-state index in [2.05, 4.69) is 16.0 Å². The summed E-state index contributed by atoms with van der Waals surface area (Å²) in [7, 11) is 0. The zero-order valence-corrected chi connectivity index (χ0v) is 17.0. The van der Waals surface area contributed by atoms with E-state index in [9.17, 15) is 19.2 Å². The summed E-state index contributed by atoms with van der Waals surface area (Å²) in [6.45, 7) is 3.71. The highest BCUT2D eigenvalue weighted by Crippen LogP contribution is 2.17. The first-order chi connectivity index (χ1) is 14.0. The van der Waals surface area contributed by atoms with Gasteiger partial charge in [0.1, 0.15) is 0 Å². The molecule has 1 unspecified atom stereocenters. The average Bonchev–Trinajstić information content (AvgIpc) is 3.24. The van der Waals surface area contributed by atoms with Crippen molar-refractivity contribution in [2.24, 2.45) is 0 Å². The largest absolute Gasteiger partial charge is 0.378 e. The molecule has 4 amide bonds. The average molecular weight is 412 g/mol. The SMILES string of the molecule is CCCCOC(NC(=O)CNC(=O)N1CCOCC1)C(=O)C(=O)NC1CCCC1. The van der Waals surface area contributed by atoms with Crippen molar-refractivity contribution in [1.29, 1.82) is 0 Å². The molecule has 0 spiro atoms. The molecule has 1 aliphatic carbocycles. The summed E-state index contributed by atoms with van der Waals surface area (Å²) in [6.07, 6.45) is 3.91. The molecule has 3 N–H and O–H groups in total. The first-order valence-electron chi connectivity index (χ1n) is 10.4. The van der Waals surface area contributed by atoms with Gasteiger partial charge in [-0.2, -0.15) is 0 Å². The number of carbonyl (C=O) groups excluding carboxylic acids is 4. The molecule has 1 heterocycles. The first-order valence-corrected chi connectivity index (χ1v) is 10.4. The van der Waals surface area contributed by atoms with Gasteiger partial charge in [-0.25, -0.2) is 4.79 Å². The highest BCUT2D eigenvalue weighted by Gasteiger charge is 2.30. The van der Waals surface area contributed by atoms with E-state index in [0.717, 1.165) is 32.1 Å². The van der Waals surface area contributed by atoms with E-state index in [-0.39, 0.29) is 25.2 Å². The van der Waals surface area contributed by atoms with Gasteiger partial charge in [-0.05, 0) is 19.3 Å². The van der Waals surface area contributed by atoms with Crippen LogP contribution in [0.2, 0.25) is 0 Å². The van der Waals surface area contributed by atoms with Gasteiger partial charge < -0.3 is 30.3 Å². The number of amides is 4. The molecule has 1 atom stereocenters. The lowest BCUT2D eigenvalue weighted by Crippen LogP contribution is -2.53. The Morgan fingerprint density at radius 3 is 2.48 bits per heavy atom. The van der Waals surface area contributed by atoms with Crippen molar-refractivity contribution in [2.45, 2.75) is 57.7 Å². The summed E-state index contributed by atoms with van der Waals surface area (Å²) in [4.78, 5) is 50.5. The highest BCUT2D eigenvalue weighted by atomic mass is 16.5. The molecule has 0 aromatic rings. The Morgan fingerprint density at radius 2 is 1.83 bits per heavy atom. The van der Waals surface area contributed by atoms with Crippen molar-refractivity contribution < 1.29 is 28.7 Å². The maximum atomic E-state index is 12.5. The number of unbranched alkanes of at least 4 members (excludes halogenated alkanes) is 1. The second-order valence-corrected chi connectivity index (χ2v) is 7.25. The molecule has 1 saturated heterocycles. The number of hydrogen-bond donors (Lipinski definition) is 3. The molecule has 29 heavy (non-hydrogen) atoms. The van der Waals surface area contributed by atoms with Crippen molar-refractivity contribution in [3.8, 4) is 0 Å². The van der Waals surface area contributed by atoms with Crippen LogP contribution >= 0.6 is 0 Å². The summed E-state index contributed by atoms with van der Waals surface area (Å²) in [5, 5.41) is 7.62. The summed E-state index contributed by atoms with van der Waals surface area (Å²) < 4.78 is 10.6. The molecule has 1 aliphatic heterocycles. The van der Waals surface area contributed by atoms with E-state index in [4.69, 9.17) is 9.47 Å². The smallest absolute Gasteiger partial charge is 0.317 e. The predicted octanol–water partition coefficient (Wildman–Crippen LogP) is -0.0849. The number of carbonyl (C=O) groups is 4. The maximum Gasteiger partial charge on any atom is 0.317 e. The maximum absolute atomic E-state index is 12.5. The van der Waals surface area contributed by atoms with Crippen molar-refractivity contribution >= 4 is 23.6 Å². The summed E-state index contributed by atoms with van der Waals surface area (Å²) >= 11 is 0. The molecule has 10 nitrogen and oxygen atoms in total. The van der Waals surface area contributed by atoms with Crippen LogP contribution in [-0.2, 0) is 23.9 Å². The van der Waals surface area contributed by atoms with E-state index in [1.807, 2.05) is 6.92 Å². The Hall–Kier alpha value is -2.20. The fourth-order valence-corrected chi connectivity index (χ4v) is 3.21. The van der Waals surface area contributed by atoms with E-state index >= 15 is 0 Å². The monoisotopic (exact) mass is 412 g/mol. The van der Waals surface area contributed by atoms with Crippen LogP contribution in [0.1, 0.15) is 45.4 Å². The van der Waals surface area contributed by atoms with Crippen molar-refractivity contribution in [1.82, 2.24) is 20.9 Å². The molecule has 0 aromatic carbocycles. The van der Waals surface area contributed by atoms with Gasteiger partial charge in [0.05, 0.1) is 19.8 Å². The Balaban J connectivity index is 1.83. The van der Waals surface area contributed by atoms with Crippen molar-refractivity contribution in [2.75, 3.05) is 39.5 Å². The summed E-state index contributed by atoms with van der Waals surface area (Å²) in [6, 6.07) is -0.386. The first kappa shape index (κ1) is 23.1. The zero-order chi connectivity index (χ0) is 21.1. The Labute approximate surface area is 171 Å². The van der Waals surface area contributed by atoms with Crippen LogP contribution in [0.4, 0.5) is 4.79 Å². The lowest BCUT2D eigenvalue weighted by atomic mass is 10.2. The minimum Gasteiger partial charge on any atom is -0.378 e. The third-order valence-electron chi connectivity index (χ3n) is 4.93.